The molecule has 0 aliphatic rings. The van der Waals surface area contributed by atoms with E-state index in [2.05, 4.69) is 5.32 Å². The quantitative estimate of drug-likeness (QED) is 0.670. The molecule has 0 saturated heterocycles. The van der Waals surface area contributed by atoms with Crippen LogP contribution in [-0.4, -0.2) is 27.2 Å². The van der Waals surface area contributed by atoms with Crippen molar-refractivity contribution in [3.63, 3.8) is 0 Å². The van der Waals surface area contributed by atoms with Gasteiger partial charge in [0.25, 0.3) is 5.91 Å². The number of rotatable bonds is 5. The molecule has 1 heterocycles. The fourth-order valence-corrected chi connectivity index (χ4v) is 1.92. The predicted octanol–water partition coefficient (Wildman–Crippen LogP) is 1.60. The van der Waals surface area contributed by atoms with Crippen molar-refractivity contribution in [3.05, 3.63) is 47.4 Å². The van der Waals surface area contributed by atoms with Gasteiger partial charge in [-0.05, 0) is 0 Å². The SMILES string of the molecule is COc1cc(NC(=O)c2cc[n+]([O-])cc2)cc(OC)c1OC. The minimum atomic E-state index is -0.352. The van der Waals surface area contributed by atoms with Gasteiger partial charge >= 0.3 is 0 Å². The summed E-state index contributed by atoms with van der Waals surface area (Å²) in [5.74, 6) is 0.954. The molecule has 1 amide bonds. The van der Waals surface area contributed by atoms with E-state index >= 15 is 0 Å². The average Bonchev–Trinajstić information content (AvgIpc) is 2.54. The largest absolute Gasteiger partial charge is 0.619 e. The molecule has 1 aromatic heterocycles. The van der Waals surface area contributed by atoms with Crippen LogP contribution in [-0.2, 0) is 0 Å². The summed E-state index contributed by atoms with van der Waals surface area (Å²) in [5.41, 5.74) is 0.846. The van der Waals surface area contributed by atoms with Crippen molar-refractivity contribution in [2.24, 2.45) is 0 Å². The zero-order chi connectivity index (χ0) is 16.1. The zero-order valence-electron chi connectivity index (χ0n) is 12.5. The molecule has 1 N–H and O–H groups in total. The molecule has 0 unspecified atom stereocenters. The summed E-state index contributed by atoms with van der Waals surface area (Å²) in [4.78, 5) is 12.1. The van der Waals surface area contributed by atoms with Gasteiger partial charge in [0.2, 0.25) is 5.75 Å². The van der Waals surface area contributed by atoms with Crippen molar-refractivity contribution in [3.8, 4) is 17.2 Å². The van der Waals surface area contributed by atoms with E-state index in [1.807, 2.05) is 0 Å². The second-order valence-electron chi connectivity index (χ2n) is 4.31. The molecular formula is C15H16N2O5. The third-order valence-corrected chi connectivity index (χ3v) is 2.99. The van der Waals surface area contributed by atoms with Crippen molar-refractivity contribution in [2.75, 3.05) is 26.6 Å². The molecule has 0 fully saturated rings. The highest BCUT2D eigenvalue weighted by atomic mass is 16.5. The van der Waals surface area contributed by atoms with E-state index in [0.717, 1.165) is 0 Å². The second-order valence-corrected chi connectivity index (χ2v) is 4.31. The van der Waals surface area contributed by atoms with Crippen LogP contribution < -0.4 is 24.3 Å². The minimum Gasteiger partial charge on any atom is -0.619 e. The Labute approximate surface area is 127 Å². The lowest BCUT2D eigenvalue weighted by Crippen LogP contribution is -2.25. The van der Waals surface area contributed by atoms with Gasteiger partial charge in [-0.25, -0.2) is 0 Å². The first-order valence-corrected chi connectivity index (χ1v) is 6.39. The fraction of sp³-hybridized carbons (Fsp3) is 0.200. The van der Waals surface area contributed by atoms with E-state index in [-0.39, 0.29) is 5.91 Å². The molecule has 0 spiro atoms. The Morgan fingerprint density at radius 3 is 2.05 bits per heavy atom. The van der Waals surface area contributed by atoms with Crippen LogP contribution in [0.4, 0.5) is 5.69 Å². The smallest absolute Gasteiger partial charge is 0.256 e. The molecular weight excluding hydrogens is 288 g/mol. The molecule has 0 aliphatic heterocycles. The monoisotopic (exact) mass is 304 g/mol. The number of aromatic nitrogens is 1. The molecule has 0 aliphatic carbocycles. The maximum Gasteiger partial charge on any atom is 0.256 e. The van der Waals surface area contributed by atoms with E-state index in [4.69, 9.17) is 14.2 Å². The van der Waals surface area contributed by atoms with Gasteiger partial charge < -0.3 is 24.7 Å². The zero-order valence-corrected chi connectivity index (χ0v) is 12.5. The van der Waals surface area contributed by atoms with Crippen LogP contribution in [0.3, 0.4) is 0 Å². The molecule has 0 atom stereocenters. The number of nitrogens with one attached hydrogen (secondary N) is 1. The molecule has 0 saturated carbocycles. The van der Waals surface area contributed by atoms with Crippen molar-refractivity contribution in [2.45, 2.75) is 0 Å². The summed E-state index contributed by atoms with van der Waals surface area (Å²) in [6, 6.07) is 6.10. The number of nitrogens with zero attached hydrogens (tertiary/aromatic N) is 1. The number of hydrogen-bond donors (Lipinski definition) is 1. The molecule has 2 rings (SSSR count). The maximum absolute atomic E-state index is 12.1. The molecule has 1 aromatic carbocycles. The Morgan fingerprint density at radius 1 is 1.05 bits per heavy atom. The number of carbonyl (C=O) groups is 1. The molecule has 0 radical (unpaired) electrons. The standard InChI is InChI=1S/C15H16N2O5/c1-20-12-8-11(9-13(21-2)14(12)22-3)16-15(18)10-4-6-17(19)7-5-10/h4-9H,1-3H3,(H,16,18). The van der Waals surface area contributed by atoms with Crippen LogP contribution in [0, 0.1) is 5.21 Å². The van der Waals surface area contributed by atoms with E-state index in [9.17, 15) is 10.0 Å². The summed E-state index contributed by atoms with van der Waals surface area (Å²) in [6.45, 7) is 0. The van der Waals surface area contributed by atoms with E-state index < -0.39 is 0 Å². The summed E-state index contributed by atoms with van der Waals surface area (Å²) >= 11 is 0. The van der Waals surface area contributed by atoms with E-state index in [0.29, 0.717) is 33.2 Å². The topological polar surface area (TPSA) is 83.7 Å². The Kier molecular flexibility index (Phi) is 4.67. The first-order chi connectivity index (χ1) is 10.6. The van der Waals surface area contributed by atoms with Gasteiger partial charge in [0.1, 0.15) is 0 Å². The highest BCUT2D eigenvalue weighted by molar-refractivity contribution is 6.04. The highest BCUT2D eigenvalue weighted by Gasteiger charge is 2.15. The van der Waals surface area contributed by atoms with Crippen LogP contribution in [0.25, 0.3) is 0 Å². The third kappa shape index (κ3) is 3.20. The van der Waals surface area contributed by atoms with E-state index in [1.165, 1.54) is 45.9 Å². The van der Waals surface area contributed by atoms with Crippen molar-refractivity contribution in [1.82, 2.24) is 0 Å². The number of amides is 1. The second kappa shape index (κ2) is 6.66. The molecule has 7 nitrogen and oxygen atoms in total. The lowest BCUT2D eigenvalue weighted by atomic mass is 10.2. The minimum absolute atomic E-state index is 0.352. The van der Waals surface area contributed by atoms with Gasteiger partial charge in [-0.15, -0.1) is 0 Å². The van der Waals surface area contributed by atoms with Crippen LogP contribution in [0.2, 0.25) is 0 Å². The summed E-state index contributed by atoms with van der Waals surface area (Å²) in [7, 11) is 4.49. The average molecular weight is 304 g/mol. The van der Waals surface area contributed by atoms with Gasteiger partial charge in [0.15, 0.2) is 23.9 Å². The number of ether oxygens (including phenoxy) is 3. The van der Waals surface area contributed by atoms with Crippen LogP contribution >= 0.6 is 0 Å². The molecule has 22 heavy (non-hydrogen) atoms. The number of benzene rings is 1. The van der Waals surface area contributed by atoms with Gasteiger partial charge in [0.05, 0.1) is 26.9 Å². The lowest BCUT2D eigenvalue weighted by molar-refractivity contribution is -0.605. The molecule has 0 bridgehead atoms. The summed E-state index contributed by atoms with van der Waals surface area (Å²) in [6.07, 6.45) is 2.51. The summed E-state index contributed by atoms with van der Waals surface area (Å²) < 4.78 is 16.3. The Hall–Kier alpha value is -2.96. The molecule has 7 heteroatoms. The van der Waals surface area contributed by atoms with Crippen LogP contribution in [0.5, 0.6) is 17.2 Å². The Morgan fingerprint density at radius 2 is 1.59 bits per heavy atom. The normalized spacial score (nSPS) is 9.95. The van der Waals surface area contributed by atoms with Gasteiger partial charge in [0, 0.05) is 30.0 Å². The van der Waals surface area contributed by atoms with Crippen LogP contribution in [0.1, 0.15) is 10.4 Å². The van der Waals surface area contributed by atoms with Gasteiger partial charge in [-0.1, -0.05) is 0 Å². The molecule has 116 valence electrons. The third-order valence-electron chi connectivity index (χ3n) is 2.99. The van der Waals surface area contributed by atoms with Crippen molar-refractivity contribution >= 4 is 11.6 Å². The van der Waals surface area contributed by atoms with E-state index in [1.54, 1.807) is 12.1 Å². The van der Waals surface area contributed by atoms with Crippen molar-refractivity contribution < 1.29 is 23.7 Å². The number of anilines is 1. The summed E-state index contributed by atoms with van der Waals surface area (Å²) in [5, 5.41) is 13.7. The number of methoxy groups -OCH3 is 3. The van der Waals surface area contributed by atoms with Gasteiger partial charge in [-0.2, -0.15) is 4.73 Å². The predicted molar refractivity (Wildman–Crippen MR) is 79.5 cm³/mol. The van der Waals surface area contributed by atoms with Gasteiger partial charge in [-0.3, -0.25) is 4.79 Å². The highest BCUT2D eigenvalue weighted by Crippen LogP contribution is 2.39. The number of pyridine rings is 1. The first-order valence-electron chi connectivity index (χ1n) is 6.39. The Balaban J connectivity index is 2.29. The Bertz CT molecular complexity index is 645. The fourth-order valence-electron chi connectivity index (χ4n) is 1.92. The maximum atomic E-state index is 12.1. The number of carbonyl (C=O) groups excluding carboxylic acids is 1. The first kappa shape index (κ1) is 15.4. The molecule has 2 aromatic rings. The number of hydrogen-bond acceptors (Lipinski definition) is 5. The van der Waals surface area contributed by atoms with Crippen molar-refractivity contribution in [1.29, 1.82) is 0 Å². The van der Waals surface area contributed by atoms with Crippen LogP contribution in [0.15, 0.2) is 36.7 Å². The lowest BCUT2D eigenvalue weighted by Gasteiger charge is -2.14.